The van der Waals surface area contributed by atoms with Crippen LogP contribution >= 0.6 is 11.3 Å². The molecule has 4 aromatic heterocycles. The lowest BCUT2D eigenvalue weighted by molar-refractivity contribution is 0.0690. The molecule has 142 valence electrons. The van der Waals surface area contributed by atoms with Crippen LogP contribution in [0, 0.1) is 6.92 Å². The summed E-state index contributed by atoms with van der Waals surface area (Å²) in [7, 11) is 0. The lowest BCUT2D eigenvalue weighted by Crippen LogP contribution is -2.40. The summed E-state index contributed by atoms with van der Waals surface area (Å²) in [4.78, 5) is 20.6. The molecule has 1 aliphatic rings. The van der Waals surface area contributed by atoms with E-state index < -0.39 is 0 Å². The number of pyridine rings is 1. The maximum absolute atomic E-state index is 13.3. The fraction of sp³-hybridized carbons (Fsp3) is 0.300. The molecule has 8 heteroatoms. The molecule has 1 aliphatic heterocycles. The van der Waals surface area contributed by atoms with Crippen molar-refractivity contribution in [1.29, 1.82) is 0 Å². The number of carbonyl (C=O) groups excluding carboxylic acids is 1. The molecule has 0 N–H and O–H groups in total. The molecule has 0 spiro atoms. The van der Waals surface area contributed by atoms with Gasteiger partial charge in [-0.2, -0.15) is 0 Å². The van der Waals surface area contributed by atoms with Crippen molar-refractivity contribution in [3.05, 3.63) is 59.2 Å². The normalized spacial score (nSPS) is 17.3. The Bertz CT molecular complexity index is 1130. The predicted octanol–water partition coefficient (Wildman–Crippen LogP) is 3.77. The number of carbonyl (C=O) groups is 1. The summed E-state index contributed by atoms with van der Waals surface area (Å²) in [5.74, 6) is 1.21. The van der Waals surface area contributed by atoms with E-state index in [1.54, 1.807) is 11.3 Å². The zero-order valence-corrected chi connectivity index (χ0v) is 16.2. The van der Waals surface area contributed by atoms with E-state index in [2.05, 4.69) is 15.2 Å². The van der Waals surface area contributed by atoms with Crippen molar-refractivity contribution in [2.24, 2.45) is 0 Å². The van der Waals surface area contributed by atoms with Gasteiger partial charge < -0.3 is 9.32 Å². The number of amides is 1. The Balaban J connectivity index is 1.40. The van der Waals surface area contributed by atoms with Gasteiger partial charge in [0, 0.05) is 19.3 Å². The van der Waals surface area contributed by atoms with Gasteiger partial charge in [0.05, 0.1) is 16.5 Å². The van der Waals surface area contributed by atoms with Crippen molar-refractivity contribution in [2.45, 2.75) is 25.7 Å². The number of imidazole rings is 1. The van der Waals surface area contributed by atoms with Crippen molar-refractivity contribution < 1.29 is 9.21 Å². The van der Waals surface area contributed by atoms with Crippen molar-refractivity contribution in [1.82, 2.24) is 24.5 Å². The standard InChI is InChI=1S/C20H19N5O2S/c1-13-17(25-10-3-2-8-16(25)21-13)20(26)24-9-4-6-14(12-24)18-22-23-19(27-18)15-7-5-11-28-15/h2-3,5,7-8,10-11,14H,4,6,9,12H2,1H3. The minimum atomic E-state index is -0.00102. The highest BCUT2D eigenvalue weighted by atomic mass is 32.1. The molecule has 0 aliphatic carbocycles. The van der Waals surface area contributed by atoms with Crippen molar-refractivity contribution in [2.75, 3.05) is 13.1 Å². The highest BCUT2D eigenvalue weighted by Gasteiger charge is 2.31. The van der Waals surface area contributed by atoms with E-state index in [4.69, 9.17) is 4.42 Å². The number of likely N-dealkylation sites (tertiary alicyclic amines) is 1. The molecule has 5 rings (SSSR count). The summed E-state index contributed by atoms with van der Waals surface area (Å²) in [6, 6.07) is 9.67. The number of piperidine rings is 1. The number of thiophene rings is 1. The SMILES string of the molecule is Cc1nc2ccccn2c1C(=O)N1CCCC(c2nnc(-c3cccs3)o2)C1. The van der Waals surface area contributed by atoms with Gasteiger partial charge in [-0.1, -0.05) is 12.1 Å². The van der Waals surface area contributed by atoms with Crippen LogP contribution in [-0.4, -0.2) is 43.5 Å². The summed E-state index contributed by atoms with van der Waals surface area (Å²) in [6.07, 6.45) is 3.72. The number of fused-ring (bicyclic) bond motifs is 1. The van der Waals surface area contributed by atoms with Gasteiger partial charge in [0.25, 0.3) is 11.8 Å². The molecule has 28 heavy (non-hydrogen) atoms. The minimum Gasteiger partial charge on any atom is -0.420 e. The van der Waals surface area contributed by atoms with Crippen LogP contribution < -0.4 is 0 Å². The predicted molar refractivity (Wildman–Crippen MR) is 105 cm³/mol. The highest BCUT2D eigenvalue weighted by Crippen LogP contribution is 2.30. The molecule has 1 atom stereocenters. The van der Waals surface area contributed by atoms with Crippen LogP contribution in [0.1, 0.15) is 40.8 Å². The van der Waals surface area contributed by atoms with Gasteiger partial charge in [-0.15, -0.1) is 21.5 Å². The van der Waals surface area contributed by atoms with E-state index in [0.29, 0.717) is 24.0 Å². The Morgan fingerprint density at radius 2 is 2.18 bits per heavy atom. The molecule has 5 heterocycles. The Hall–Kier alpha value is -3.00. The van der Waals surface area contributed by atoms with E-state index in [1.807, 2.05) is 58.1 Å². The highest BCUT2D eigenvalue weighted by molar-refractivity contribution is 7.13. The van der Waals surface area contributed by atoms with Crippen molar-refractivity contribution in [3.63, 3.8) is 0 Å². The van der Waals surface area contributed by atoms with Crippen LogP contribution in [0.25, 0.3) is 16.4 Å². The lowest BCUT2D eigenvalue weighted by atomic mass is 9.97. The van der Waals surface area contributed by atoms with Crippen LogP contribution in [0.3, 0.4) is 0 Å². The average Bonchev–Trinajstić information content (AvgIpc) is 3.46. The molecule has 1 unspecified atom stereocenters. The molecule has 0 saturated carbocycles. The molecule has 0 radical (unpaired) electrons. The number of nitrogens with zero attached hydrogens (tertiary/aromatic N) is 5. The first kappa shape index (κ1) is 17.1. The lowest BCUT2D eigenvalue weighted by Gasteiger charge is -2.31. The Labute approximate surface area is 165 Å². The first-order valence-corrected chi connectivity index (χ1v) is 10.2. The maximum Gasteiger partial charge on any atom is 0.272 e. The van der Waals surface area contributed by atoms with E-state index >= 15 is 0 Å². The number of hydrogen-bond donors (Lipinski definition) is 0. The second kappa shape index (κ2) is 6.87. The molecule has 0 aromatic carbocycles. The topological polar surface area (TPSA) is 76.5 Å². The zero-order valence-electron chi connectivity index (χ0n) is 15.4. The third-order valence-corrected chi connectivity index (χ3v) is 6.00. The summed E-state index contributed by atoms with van der Waals surface area (Å²) >= 11 is 1.57. The summed E-state index contributed by atoms with van der Waals surface area (Å²) in [6.45, 7) is 3.18. The maximum atomic E-state index is 13.3. The average molecular weight is 393 g/mol. The Morgan fingerprint density at radius 1 is 1.25 bits per heavy atom. The third kappa shape index (κ3) is 2.90. The van der Waals surface area contributed by atoms with E-state index in [9.17, 15) is 4.79 Å². The fourth-order valence-electron chi connectivity index (χ4n) is 3.78. The second-order valence-corrected chi connectivity index (χ2v) is 7.94. The number of aryl methyl sites for hydroxylation is 1. The third-order valence-electron chi connectivity index (χ3n) is 5.14. The van der Waals surface area contributed by atoms with Gasteiger partial charge in [0.2, 0.25) is 5.89 Å². The van der Waals surface area contributed by atoms with Crippen molar-refractivity contribution >= 4 is 22.9 Å². The van der Waals surface area contributed by atoms with Gasteiger partial charge in [0.1, 0.15) is 11.3 Å². The Kier molecular flexibility index (Phi) is 4.20. The van der Waals surface area contributed by atoms with Gasteiger partial charge >= 0.3 is 0 Å². The number of rotatable bonds is 3. The van der Waals surface area contributed by atoms with E-state index in [1.165, 1.54) is 0 Å². The largest absolute Gasteiger partial charge is 0.420 e. The quantitative estimate of drug-likeness (QED) is 0.529. The molecule has 1 amide bonds. The minimum absolute atomic E-state index is 0.00102. The monoisotopic (exact) mass is 393 g/mol. The van der Waals surface area contributed by atoms with Gasteiger partial charge in [-0.05, 0) is 43.3 Å². The number of hydrogen-bond acceptors (Lipinski definition) is 6. The molecule has 1 saturated heterocycles. The van der Waals surface area contributed by atoms with Crippen LogP contribution in [-0.2, 0) is 0 Å². The molecular weight excluding hydrogens is 374 g/mol. The summed E-state index contributed by atoms with van der Waals surface area (Å²) in [5, 5.41) is 10.4. The molecular formula is C20H19N5O2S. The van der Waals surface area contributed by atoms with Gasteiger partial charge in [-0.25, -0.2) is 4.98 Å². The molecule has 1 fully saturated rings. The van der Waals surface area contributed by atoms with Crippen LogP contribution in [0.4, 0.5) is 0 Å². The second-order valence-electron chi connectivity index (χ2n) is 6.99. The fourth-order valence-corrected chi connectivity index (χ4v) is 4.43. The number of aromatic nitrogens is 4. The molecule has 4 aromatic rings. The Morgan fingerprint density at radius 3 is 3.04 bits per heavy atom. The summed E-state index contributed by atoms with van der Waals surface area (Å²) in [5.41, 5.74) is 2.16. The smallest absolute Gasteiger partial charge is 0.272 e. The van der Waals surface area contributed by atoms with Crippen LogP contribution in [0.2, 0.25) is 0 Å². The first-order chi connectivity index (χ1) is 13.7. The molecule has 0 bridgehead atoms. The van der Waals surface area contributed by atoms with Crippen LogP contribution in [0.15, 0.2) is 46.3 Å². The zero-order chi connectivity index (χ0) is 19.1. The van der Waals surface area contributed by atoms with Gasteiger partial charge in [0.15, 0.2) is 0 Å². The van der Waals surface area contributed by atoms with Crippen LogP contribution in [0.5, 0.6) is 0 Å². The van der Waals surface area contributed by atoms with Gasteiger partial charge in [-0.3, -0.25) is 9.20 Å². The molecule has 7 nitrogen and oxygen atoms in total. The van der Waals surface area contributed by atoms with E-state index in [-0.39, 0.29) is 11.8 Å². The summed E-state index contributed by atoms with van der Waals surface area (Å²) < 4.78 is 7.78. The van der Waals surface area contributed by atoms with E-state index in [0.717, 1.165) is 35.6 Å². The van der Waals surface area contributed by atoms with Crippen molar-refractivity contribution in [3.8, 4) is 10.8 Å². The first-order valence-electron chi connectivity index (χ1n) is 9.31.